The predicted molar refractivity (Wildman–Crippen MR) is 139 cm³/mol. The lowest BCUT2D eigenvalue weighted by Gasteiger charge is -2.31. The molecule has 5 rings (SSSR count). The van der Waals surface area contributed by atoms with E-state index in [-0.39, 0.29) is 0 Å². The van der Waals surface area contributed by atoms with E-state index in [9.17, 15) is 4.79 Å². The van der Waals surface area contributed by atoms with E-state index in [0.717, 1.165) is 22.3 Å². The zero-order chi connectivity index (χ0) is 23.5. The molecule has 0 atom stereocenters. The number of aliphatic carboxylic acids is 1. The first-order valence-corrected chi connectivity index (χ1v) is 12.4. The third-order valence-corrected chi connectivity index (χ3v) is 7.41. The number of carboxylic acids is 1. The fourth-order valence-electron chi connectivity index (χ4n) is 4.54. The smallest absolute Gasteiger partial charge is 0.328 e. The highest BCUT2D eigenvalue weighted by molar-refractivity contribution is 7.08. The van der Waals surface area contributed by atoms with Gasteiger partial charge in [0.1, 0.15) is 0 Å². The number of hydrogen-bond acceptors (Lipinski definition) is 3. The summed E-state index contributed by atoms with van der Waals surface area (Å²) in [5.41, 5.74) is 10.8. The second kappa shape index (κ2) is 9.65. The molecule has 1 saturated carbocycles. The van der Waals surface area contributed by atoms with Gasteiger partial charge in [-0.05, 0) is 87.0 Å². The molecule has 0 radical (unpaired) electrons. The van der Waals surface area contributed by atoms with Gasteiger partial charge < -0.3 is 5.11 Å². The summed E-state index contributed by atoms with van der Waals surface area (Å²) in [5.74, 6) is -0.397. The van der Waals surface area contributed by atoms with Gasteiger partial charge in [-0.15, -0.1) is 0 Å². The molecule has 2 aromatic heterocycles. The van der Waals surface area contributed by atoms with E-state index in [1.807, 2.05) is 24.5 Å². The van der Waals surface area contributed by atoms with E-state index < -0.39 is 5.97 Å². The van der Waals surface area contributed by atoms with Gasteiger partial charge >= 0.3 is 5.97 Å². The van der Waals surface area contributed by atoms with Gasteiger partial charge in [0.2, 0.25) is 0 Å². The number of nitrogens with one attached hydrogen (secondary N) is 1. The average Bonchev–Trinajstić information content (AvgIpc) is 3.49. The van der Waals surface area contributed by atoms with Gasteiger partial charge in [-0.1, -0.05) is 55.0 Å². The lowest BCUT2D eigenvalue weighted by molar-refractivity contribution is -0.131. The van der Waals surface area contributed by atoms with Crippen LogP contribution >= 0.6 is 11.3 Å². The van der Waals surface area contributed by atoms with Crippen molar-refractivity contribution in [2.45, 2.75) is 26.2 Å². The van der Waals surface area contributed by atoms with E-state index in [0.29, 0.717) is 5.92 Å². The van der Waals surface area contributed by atoms with Gasteiger partial charge in [0.15, 0.2) is 0 Å². The highest BCUT2D eigenvalue weighted by atomic mass is 32.1. The van der Waals surface area contributed by atoms with Crippen molar-refractivity contribution in [1.29, 1.82) is 0 Å². The zero-order valence-corrected chi connectivity index (χ0v) is 19.8. The van der Waals surface area contributed by atoms with Crippen molar-refractivity contribution >= 4 is 34.5 Å². The number of nitrogens with zero attached hydrogens (tertiary/aromatic N) is 1. The number of rotatable bonds is 7. The number of carboxylic acid groups (broad SMARTS) is 1. The van der Waals surface area contributed by atoms with E-state index >= 15 is 0 Å². The number of aryl methyl sites for hydroxylation is 1. The maximum absolute atomic E-state index is 10.9. The molecule has 2 heterocycles. The first kappa shape index (κ1) is 22.1. The van der Waals surface area contributed by atoms with E-state index in [4.69, 9.17) is 5.11 Å². The quantitative estimate of drug-likeness (QED) is 0.281. The molecule has 0 amide bonds. The molecule has 0 bridgehead atoms. The molecule has 1 fully saturated rings. The Bertz CT molecular complexity index is 1340. The van der Waals surface area contributed by atoms with Crippen molar-refractivity contribution in [3.05, 3.63) is 106 Å². The molecule has 0 saturated heterocycles. The molecule has 0 unspecified atom stereocenters. The third-order valence-electron chi connectivity index (χ3n) is 6.55. The van der Waals surface area contributed by atoms with Gasteiger partial charge in [-0.3, -0.25) is 5.10 Å². The maximum atomic E-state index is 10.9. The Morgan fingerprint density at radius 3 is 2.26 bits per heavy atom. The summed E-state index contributed by atoms with van der Waals surface area (Å²) in [6, 6.07) is 16.9. The van der Waals surface area contributed by atoms with Crippen LogP contribution in [0.2, 0.25) is 0 Å². The van der Waals surface area contributed by atoms with Crippen LogP contribution in [0.5, 0.6) is 0 Å². The highest BCUT2D eigenvalue weighted by Crippen LogP contribution is 2.46. The van der Waals surface area contributed by atoms with Gasteiger partial charge in [0.05, 0.1) is 6.20 Å². The molecule has 170 valence electrons. The number of thiophene rings is 1. The summed E-state index contributed by atoms with van der Waals surface area (Å²) in [5, 5.41) is 20.4. The molecule has 2 aromatic carbocycles. The van der Waals surface area contributed by atoms with Crippen molar-refractivity contribution in [2.75, 3.05) is 0 Å². The van der Waals surface area contributed by atoms with Crippen LogP contribution in [0.1, 0.15) is 47.1 Å². The van der Waals surface area contributed by atoms with Crippen molar-refractivity contribution in [1.82, 2.24) is 10.2 Å². The molecular formula is C29H26N2O2S. The number of aromatic amines is 1. The van der Waals surface area contributed by atoms with Gasteiger partial charge in [0.25, 0.3) is 0 Å². The van der Waals surface area contributed by atoms with E-state index in [1.165, 1.54) is 53.2 Å². The summed E-state index contributed by atoms with van der Waals surface area (Å²) in [6.45, 7) is 2.20. The Morgan fingerprint density at radius 2 is 1.74 bits per heavy atom. The standard InChI is InChI=1S/C29H26N2O2S/c1-19-17-34-18-26(19)29(22-3-2-4-22)28(23-8-5-20(6-9-23)7-14-27(32)33)24-12-10-21(11-13-24)25-15-30-31-16-25/h5-18,22H,2-4H2,1H3,(H,30,31)(H,32,33). The second-order valence-electron chi connectivity index (χ2n) is 8.74. The minimum Gasteiger partial charge on any atom is -0.478 e. The van der Waals surface area contributed by atoms with Crippen LogP contribution in [0, 0.1) is 12.8 Å². The topological polar surface area (TPSA) is 66.0 Å². The highest BCUT2D eigenvalue weighted by Gasteiger charge is 2.28. The first-order chi connectivity index (χ1) is 16.6. The summed E-state index contributed by atoms with van der Waals surface area (Å²) in [7, 11) is 0. The largest absolute Gasteiger partial charge is 0.478 e. The fraction of sp³-hybridized carbons (Fsp3) is 0.172. The lowest BCUT2D eigenvalue weighted by atomic mass is 9.73. The van der Waals surface area contributed by atoms with Gasteiger partial charge in [-0.25, -0.2) is 4.79 Å². The van der Waals surface area contributed by atoms with Crippen LogP contribution in [-0.2, 0) is 4.79 Å². The molecule has 2 N–H and O–H groups in total. The third kappa shape index (κ3) is 4.52. The van der Waals surface area contributed by atoms with Crippen LogP contribution < -0.4 is 0 Å². The van der Waals surface area contributed by atoms with Crippen molar-refractivity contribution in [2.24, 2.45) is 5.92 Å². The number of aromatic nitrogens is 2. The molecule has 0 spiro atoms. The monoisotopic (exact) mass is 466 g/mol. The summed E-state index contributed by atoms with van der Waals surface area (Å²) in [6.07, 6.45) is 10.2. The minimum absolute atomic E-state index is 0.545. The molecule has 1 aliphatic rings. The van der Waals surface area contributed by atoms with Crippen LogP contribution in [0.3, 0.4) is 0 Å². The second-order valence-corrected chi connectivity index (χ2v) is 9.49. The van der Waals surface area contributed by atoms with E-state index in [2.05, 4.69) is 64.3 Å². The van der Waals surface area contributed by atoms with Crippen LogP contribution in [0.25, 0.3) is 28.3 Å². The predicted octanol–water partition coefficient (Wildman–Crippen LogP) is 7.30. The lowest BCUT2D eigenvalue weighted by Crippen LogP contribution is -2.15. The SMILES string of the molecule is Cc1cscc1C(=C(c1ccc(C=CC(=O)O)cc1)c1ccc(-c2cn[nH]c2)cc1)C1CCC1. The summed E-state index contributed by atoms with van der Waals surface area (Å²) >= 11 is 1.76. The van der Waals surface area contributed by atoms with Gasteiger partial charge in [-0.2, -0.15) is 16.4 Å². The van der Waals surface area contributed by atoms with Crippen LogP contribution in [-0.4, -0.2) is 21.3 Å². The first-order valence-electron chi connectivity index (χ1n) is 11.5. The van der Waals surface area contributed by atoms with Crippen molar-refractivity contribution < 1.29 is 9.90 Å². The number of benzene rings is 2. The average molecular weight is 467 g/mol. The Balaban J connectivity index is 1.66. The number of hydrogen-bond donors (Lipinski definition) is 2. The Morgan fingerprint density at radius 1 is 1.03 bits per heavy atom. The van der Waals surface area contributed by atoms with Crippen LogP contribution in [0.15, 0.2) is 77.8 Å². The molecular weight excluding hydrogens is 440 g/mol. The number of H-pyrrole nitrogens is 1. The van der Waals surface area contributed by atoms with Crippen molar-refractivity contribution in [3.63, 3.8) is 0 Å². The molecule has 4 nitrogen and oxygen atoms in total. The molecule has 34 heavy (non-hydrogen) atoms. The summed E-state index contributed by atoms with van der Waals surface area (Å²) in [4.78, 5) is 10.9. The molecule has 5 heteroatoms. The molecule has 1 aliphatic carbocycles. The number of carbonyl (C=O) groups is 1. The Labute approximate surface area is 203 Å². The fourth-order valence-corrected chi connectivity index (χ4v) is 5.38. The maximum Gasteiger partial charge on any atom is 0.328 e. The minimum atomic E-state index is -0.942. The number of allylic oxidation sites excluding steroid dienone is 1. The molecule has 4 aromatic rings. The Hall–Kier alpha value is -3.70. The summed E-state index contributed by atoms with van der Waals surface area (Å²) < 4.78 is 0. The normalized spacial score (nSPS) is 14.7. The zero-order valence-electron chi connectivity index (χ0n) is 19.0. The Kier molecular flexibility index (Phi) is 6.28. The van der Waals surface area contributed by atoms with Crippen molar-refractivity contribution in [3.8, 4) is 11.1 Å². The van der Waals surface area contributed by atoms with Crippen LogP contribution in [0.4, 0.5) is 0 Å². The van der Waals surface area contributed by atoms with Gasteiger partial charge in [0, 0.05) is 17.8 Å². The van der Waals surface area contributed by atoms with E-state index in [1.54, 1.807) is 17.4 Å². The molecule has 0 aliphatic heterocycles.